The van der Waals surface area contributed by atoms with E-state index in [2.05, 4.69) is 25.6 Å². The zero-order valence-corrected chi connectivity index (χ0v) is 17.5. The van der Waals surface area contributed by atoms with Crippen molar-refractivity contribution in [2.45, 2.75) is 50.7 Å². The second-order valence-electron chi connectivity index (χ2n) is 7.48. The molecule has 0 atom stereocenters. The van der Waals surface area contributed by atoms with Crippen molar-refractivity contribution >= 4 is 38.5 Å². The Kier molecular flexibility index (Phi) is 5.70. The SMILES string of the molecule is COc1ccc2nc(Nc3cc(C(C)(F)F)nc(N[C@H]4CC[C@H](O)CC4)n3)sc2c1. The first-order valence-electron chi connectivity index (χ1n) is 9.74. The van der Waals surface area contributed by atoms with E-state index in [1.165, 1.54) is 17.4 Å². The molecule has 0 radical (unpaired) electrons. The van der Waals surface area contributed by atoms with E-state index in [1.807, 2.05) is 18.2 Å². The quantitative estimate of drug-likeness (QED) is 0.518. The lowest BCUT2D eigenvalue weighted by molar-refractivity contribution is 0.0128. The molecule has 1 aromatic carbocycles. The van der Waals surface area contributed by atoms with E-state index in [1.54, 1.807) is 7.11 Å². The summed E-state index contributed by atoms with van der Waals surface area (Å²) in [4.78, 5) is 12.9. The number of aliphatic hydroxyl groups is 1. The Morgan fingerprint density at radius 3 is 2.60 bits per heavy atom. The smallest absolute Gasteiger partial charge is 0.287 e. The number of nitrogens with zero attached hydrogens (tertiary/aromatic N) is 3. The molecule has 2 heterocycles. The molecule has 0 saturated heterocycles. The Hall–Kier alpha value is -2.59. The van der Waals surface area contributed by atoms with Gasteiger partial charge in [-0.3, -0.25) is 0 Å². The van der Waals surface area contributed by atoms with E-state index in [9.17, 15) is 13.9 Å². The van der Waals surface area contributed by atoms with Gasteiger partial charge in [0.2, 0.25) is 5.95 Å². The number of thiazole rings is 1. The molecule has 1 aliphatic rings. The van der Waals surface area contributed by atoms with Crippen LogP contribution >= 0.6 is 11.3 Å². The average molecular weight is 436 g/mol. The minimum absolute atomic E-state index is 0.0388. The second-order valence-corrected chi connectivity index (χ2v) is 8.51. The summed E-state index contributed by atoms with van der Waals surface area (Å²) in [5, 5.41) is 16.4. The number of nitrogens with one attached hydrogen (secondary N) is 2. The van der Waals surface area contributed by atoms with E-state index in [0.29, 0.717) is 18.0 Å². The Balaban J connectivity index is 1.60. The van der Waals surface area contributed by atoms with Gasteiger partial charge < -0.3 is 20.5 Å². The molecule has 0 spiro atoms. The summed E-state index contributed by atoms with van der Waals surface area (Å²) in [6, 6.07) is 6.80. The first kappa shape index (κ1) is 20.7. The fourth-order valence-electron chi connectivity index (χ4n) is 3.40. The van der Waals surface area contributed by atoms with Crippen molar-refractivity contribution in [1.29, 1.82) is 0 Å². The number of methoxy groups -OCH3 is 1. The van der Waals surface area contributed by atoms with Crippen LogP contribution in [0.3, 0.4) is 0 Å². The minimum atomic E-state index is -3.11. The molecule has 0 bridgehead atoms. The first-order valence-corrected chi connectivity index (χ1v) is 10.6. The molecule has 0 amide bonds. The van der Waals surface area contributed by atoms with Crippen molar-refractivity contribution in [3.05, 3.63) is 30.0 Å². The van der Waals surface area contributed by atoms with Crippen LogP contribution in [0.15, 0.2) is 24.3 Å². The van der Waals surface area contributed by atoms with Crippen LogP contribution in [-0.4, -0.2) is 39.3 Å². The van der Waals surface area contributed by atoms with Gasteiger partial charge in [-0.2, -0.15) is 13.8 Å². The van der Waals surface area contributed by atoms with Gasteiger partial charge in [-0.25, -0.2) is 9.97 Å². The van der Waals surface area contributed by atoms with E-state index < -0.39 is 5.92 Å². The van der Waals surface area contributed by atoms with Crippen LogP contribution in [0.4, 0.5) is 25.7 Å². The summed E-state index contributed by atoms with van der Waals surface area (Å²) in [6.45, 7) is 0.809. The third-order valence-corrected chi connectivity index (χ3v) is 5.97. The first-order chi connectivity index (χ1) is 14.3. The summed E-state index contributed by atoms with van der Waals surface area (Å²) >= 11 is 1.38. The Morgan fingerprint density at radius 1 is 1.13 bits per heavy atom. The average Bonchev–Trinajstić information content (AvgIpc) is 3.10. The van der Waals surface area contributed by atoms with Gasteiger partial charge >= 0.3 is 0 Å². The number of rotatable bonds is 6. The van der Waals surface area contributed by atoms with Crippen LogP contribution in [0.1, 0.15) is 38.3 Å². The maximum Gasteiger partial charge on any atom is 0.287 e. The lowest BCUT2D eigenvalue weighted by Crippen LogP contribution is -2.29. The number of hydrogen-bond acceptors (Lipinski definition) is 8. The molecule has 3 aromatic rings. The lowest BCUT2D eigenvalue weighted by Gasteiger charge is -2.26. The van der Waals surface area contributed by atoms with Crippen LogP contribution < -0.4 is 15.4 Å². The van der Waals surface area contributed by atoms with Gasteiger partial charge in [0, 0.05) is 19.0 Å². The molecular weight excluding hydrogens is 412 g/mol. The number of alkyl halides is 2. The van der Waals surface area contributed by atoms with Crippen molar-refractivity contribution in [2.75, 3.05) is 17.7 Å². The van der Waals surface area contributed by atoms with Gasteiger partial charge in [-0.05, 0) is 43.9 Å². The molecule has 3 N–H and O–H groups in total. The van der Waals surface area contributed by atoms with Crippen LogP contribution in [-0.2, 0) is 5.92 Å². The standard InChI is InChI=1S/C20H23F2N5O2S/c1-20(21,22)16-10-17(26-18(25-16)23-11-3-5-12(28)6-4-11)27-19-24-14-8-7-13(29-2)9-15(14)30-19/h7-12,28H,3-6H2,1-2H3,(H2,23,24,25,26,27)/t11-,12-. The molecular formula is C20H23F2N5O2S. The van der Waals surface area contributed by atoms with Gasteiger partial charge in [0.05, 0.1) is 23.4 Å². The molecule has 1 saturated carbocycles. The summed E-state index contributed by atoms with van der Waals surface area (Å²) in [5.74, 6) is -2.01. The van der Waals surface area contributed by atoms with E-state index >= 15 is 0 Å². The van der Waals surface area contributed by atoms with Crippen molar-refractivity contribution in [3.63, 3.8) is 0 Å². The highest BCUT2D eigenvalue weighted by atomic mass is 32.1. The molecule has 7 nitrogen and oxygen atoms in total. The number of halogens is 2. The van der Waals surface area contributed by atoms with Gasteiger partial charge in [0.1, 0.15) is 17.3 Å². The van der Waals surface area contributed by atoms with Gasteiger partial charge in [0.25, 0.3) is 5.92 Å². The van der Waals surface area contributed by atoms with Crippen molar-refractivity contribution in [3.8, 4) is 5.75 Å². The molecule has 2 aromatic heterocycles. The highest BCUT2D eigenvalue weighted by Gasteiger charge is 2.29. The Morgan fingerprint density at radius 2 is 1.90 bits per heavy atom. The third kappa shape index (κ3) is 4.76. The molecule has 0 aliphatic heterocycles. The van der Waals surface area contributed by atoms with E-state index in [0.717, 1.165) is 35.7 Å². The maximum absolute atomic E-state index is 14.0. The number of aliphatic hydroxyl groups excluding tert-OH is 1. The van der Waals surface area contributed by atoms with E-state index in [4.69, 9.17) is 4.74 Å². The van der Waals surface area contributed by atoms with Crippen LogP contribution in [0, 0.1) is 0 Å². The highest BCUT2D eigenvalue weighted by Crippen LogP contribution is 2.33. The van der Waals surface area contributed by atoms with Crippen LogP contribution in [0.25, 0.3) is 10.2 Å². The number of ether oxygens (including phenoxy) is 1. The van der Waals surface area contributed by atoms with Crippen molar-refractivity contribution < 1.29 is 18.6 Å². The zero-order valence-electron chi connectivity index (χ0n) is 16.7. The van der Waals surface area contributed by atoms with E-state index in [-0.39, 0.29) is 29.6 Å². The summed E-state index contributed by atoms with van der Waals surface area (Å²) in [6.07, 6.45) is 2.51. The topological polar surface area (TPSA) is 92.2 Å². The van der Waals surface area contributed by atoms with Gasteiger partial charge in [-0.15, -0.1) is 0 Å². The normalized spacial score (nSPS) is 19.6. The Bertz CT molecular complexity index is 1030. The van der Waals surface area contributed by atoms with Gasteiger partial charge in [-0.1, -0.05) is 11.3 Å². The fourth-order valence-corrected chi connectivity index (χ4v) is 4.30. The third-order valence-electron chi connectivity index (χ3n) is 5.04. The summed E-state index contributed by atoms with van der Waals surface area (Å²) in [7, 11) is 1.59. The molecule has 30 heavy (non-hydrogen) atoms. The van der Waals surface area contributed by atoms with Crippen LogP contribution in [0.5, 0.6) is 5.75 Å². The number of anilines is 3. The maximum atomic E-state index is 14.0. The molecule has 4 rings (SSSR count). The largest absolute Gasteiger partial charge is 0.497 e. The molecule has 1 aliphatic carbocycles. The molecule has 1 fully saturated rings. The number of aromatic nitrogens is 3. The fraction of sp³-hybridized carbons (Fsp3) is 0.450. The minimum Gasteiger partial charge on any atom is -0.497 e. The highest BCUT2D eigenvalue weighted by molar-refractivity contribution is 7.22. The molecule has 10 heteroatoms. The predicted molar refractivity (Wildman–Crippen MR) is 113 cm³/mol. The van der Waals surface area contributed by atoms with Crippen molar-refractivity contribution in [1.82, 2.24) is 15.0 Å². The number of fused-ring (bicyclic) bond motifs is 1. The van der Waals surface area contributed by atoms with Crippen molar-refractivity contribution in [2.24, 2.45) is 0 Å². The molecule has 160 valence electrons. The number of hydrogen-bond donors (Lipinski definition) is 3. The zero-order chi connectivity index (χ0) is 21.3. The lowest BCUT2D eigenvalue weighted by atomic mass is 9.93. The monoisotopic (exact) mass is 435 g/mol. The summed E-state index contributed by atoms with van der Waals surface area (Å²) < 4.78 is 34.2. The van der Waals surface area contributed by atoms with Gasteiger partial charge in [0.15, 0.2) is 5.13 Å². The number of benzene rings is 1. The Labute approximate surface area is 176 Å². The molecule has 0 unspecified atom stereocenters. The van der Waals surface area contributed by atoms with Crippen LogP contribution in [0.2, 0.25) is 0 Å². The predicted octanol–water partition coefficient (Wildman–Crippen LogP) is 4.67. The summed E-state index contributed by atoms with van der Waals surface area (Å²) in [5.41, 5.74) is 0.402. The second kappa shape index (κ2) is 8.27.